The molecule has 0 bridgehead atoms. The summed E-state index contributed by atoms with van der Waals surface area (Å²) in [5, 5.41) is 0. The first-order valence-corrected chi connectivity index (χ1v) is 30.9. The van der Waals surface area contributed by atoms with E-state index in [9.17, 15) is 14.4 Å². The molecule has 0 radical (unpaired) electrons. The minimum Gasteiger partial charge on any atom is -0.462 e. The molecular weight excluding hydrogens is 889 g/mol. The molecule has 0 amide bonds. The van der Waals surface area contributed by atoms with Crippen LogP contribution in [0, 0.1) is 0 Å². The van der Waals surface area contributed by atoms with Crippen LogP contribution in [0.15, 0.2) is 72.9 Å². The summed E-state index contributed by atoms with van der Waals surface area (Å²) in [7, 11) is 0. The van der Waals surface area contributed by atoms with E-state index in [-0.39, 0.29) is 31.1 Å². The summed E-state index contributed by atoms with van der Waals surface area (Å²) in [5.74, 6) is -0.861. The zero-order valence-electron chi connectivity index (χ0n) is 47.7. The molecule has 6 nitrogen and oxygen atoms in total. The summed E-state index contributed by atoms with van der Waals surface area (Å²) in [6, 6.07) is 0. The second kappa shape index (κ2) is 60.4. The standard InChI is InChI=1S/C66H116O6/c1-4-7-10-13-16-19-21-22-23-24-25-26-27-28-29-30-31-32-33-34-35-36-37-38-39-40-41-42-43-44-45-48-50-53-56-59-65(68)71-62-63(61-70-64(67)58-55-52-49-46-18-15-12-9-6-3)72-66(69)60-57-54-51-47-20-17-14-11-8-5-2/h7,10,16,19,22-23,25-26,28-29,31-32,63H,4-6,8-9,11-15,17-18,20-21,24,27,30,33-62H2,1-3H3/b10-7-,19-16-,23-22-,26-25-,29-28-,32-31-. The maximum absolute atomic E-state index is 12.8. The van der Waals surface area contributed by atoms with Gasteiger partial charge < -0.3 is 14.2 Å². The third-order valence-electron chi connectivity index (χ3n) is 13.5. The quantitative estimate of drug-likeness (QED) is 0.0261. The van der Waals surface area contributed by atoms with Gasteiger partial charge in [0.25, 0.3) is 0 Å². The Kier molecular flexibility index (Phi) is 57.8. The normalized spacial score (nSPS) is 12.5. The first-order chi connectivity index (χ1) is 35.5. The maximum Gasteiger partial charge on any atom is 0.306 e. The zero-order valence-corrected chi connectivity index (χ0v) is 47.7. The van der Waals surface area contributed by atoms with Gasteiger partial charge in [-0.15, -0.1) is 0 Å². The van der Waals surface area contributed by atoms with Crippen molar-refractivity contribution in [1.82, 2.24) is 0 Å². The lowest BCUT2D eigenvalue weighted by Gasteiger charge is -2.18. The van der Waals surface area contributed by atoms with Crippen LogP contribution >= 0.6 is 0 Å². The highest BCUT2D eigenvalue weighted by Crippen LogP contribution is 2.17. The first-order valence-electron chi connectivity index (χ1n) is 30.9. The Bertz CT molecular complexity index is 1340. The molecule has 0 saturated heterocycles. The van der Waals surface area contributed by atoms with Gasteiger partial charge in [-0.3, -0.25) is 14.4 Å². The van der Waals surface area contributed by atoms with E-state index in [1.54, 1.807) is 0 Å². The average molecular weight is 1010 g/mol. The van der Waals surface area contributed by atoms with Crippen molar-refractivity contribution in [1.29, 1.82) is 0 Å². The molecule has 72 heavy (non-hydrogen) atoms. The van der Waals surface area contributed by atoms with Crippen LogP contribution in [0.2, 0.25) is 0 Å². The van der Waals surface area contributed by atoms with Crippen LogP contribution in [-0.4, -0.2) is 37.2 Å². The van der Waals surface area contributed by atoms with E-state index < -0.39 is 6.10 Å². The van der Waals surface area contributed by atoms with E-state index in [4.69, 9.17) is 14.2 Å². The Morgan fingerprint density at radius 3 is 0.847 bits per heavy atom. The van der Waals surface area contributed by atoms with Crippen LogP contribution in [0.5, 0.6) is 0 Å². The number of hydrogen-bond acceptors (Lipinski definition) is 6. The van der Waals surface area contributed by atoms with E-state index in [2.05, 4.69) is 93.7 Å². The number of rotatable bonds is 56. The summed E-state index contributed by atoms with van der Waals surface area (Å²) in [5.41, 5.74) is 0. The molecule has 0 N–H and O–H groups in total. The number of carbonyl (C=O) groups excluding carboxylic acids is 3. The Morgan fingerprint density at radius 2 is 0.542 bits per heavy atom. The molecule has 0 rings (SSSR count). The highest BCUT2D eigenvalue weighted by Gasteiger charge is 2.19. The molecule has 6 heteroatoms. The third kappa shape index (κ3) is 57.7. The van der Waals surface area contributed by atoms with Crippen LogP contribution in [0.4, 0.5) is 0 Å². The van der Waals surface area contributed by atoms with Crippen molar-refractivity contribution in [2.24, 2.45) is 0 Å². The van der Waals surface area contributed by atoms with Crippen molar-refractivity contribution in [2.75, 3.05) is 13.2 Å². The van der Waals surface area contributed by atoms with Gasteiger partial charge in [-0.1, -0.05) is 293 Å². The molecule has 1 unspecified atom stereocenters. The van der Waals surface area contributed by atoms with E-state index in [1.807, 2.05) is 0 Å². The van der Waals surface area contributed by atoms with Crippen molar-refractivity contribution in [3.05, 3.63) is 72.9 Å². The van der Waals surface area contributed by atoms with Crippen molar-refractivity contribution in [3.63, 3.8) is 0 Å². The number of unbranched alkanes of at least 4 members (excludes halogenated alkanes) is 33. The van der Waals surface area contributed by atoms with Gasteiger partial charge in [0.05, 0.1) is 0 Å². The maximum atomic E-state index is 12.8. The highest BCUT2D eigenvalue weighted by molar-refractivity contribution is 5.71. The molecule has 0 aromatic heterocycles. The van der Waals surface area contributed by atoms with Gasteiger partial charge in [0.15, 0.2) is 6.10 Å². The van der Waals surface area contributed by atoms with Gasteiger partial charge in [0.2, 0.25) is 0 Å². The van der Waals surface area contributed by atoms with Gasteiger partial charge in [0, 0.05) is 19.3 Å². The molecule has 0 aliphatic carbocycles. The zero-order chi connectivity index (χ0) is 52.2. The molecule has 0 spiro atoms. The minimum atomic E-state index is -0.766. The van der Waals surface area contributed by atoms with Gasteiger partial charge in [-0.05, 0) is 70.6 Å². The molecule has 0 fully saturated rings. The molecule has 0 aromatic carbocycles. The fourth-order valence-electron chi connectivity index (χ4n) is 8.86. The summed E-state index contributed by atoms with van der Waals surface area (Å²) in [6.45, 7) is 6.51. The molecule has 1 atom stereocenters. The second-order valence-corrected chi connectivity index (χ2v) is 20.6. The van der Waals surface area contributed by atoms with Crippen molar-refractivity contribution in [2.45, 2.75) is 316 Å². The number of allylic oxidation sites excluding steroid dienone is 12. The summed E-state index contributed by atoms with van der Waals surface area (Å²) >= 11 is 0. The smallest absolute Gasteiger partial charge is 0.306 e. The van der Waals surface area contributed by atoms with E-state index >= 15 is 0 Å². The fourth-order valence-corrected chi connectivity index (χ4v) is 8.86. The molecule has 0 heterocycles. The fraction of sp³-hybridized carbons (Fsp3) is 0.773. The van der Waals surface area contributed by atoms with Crippen molar-refractivity contribution >= 4 is 17.9 Å². The van der Waals surface area contributed by atoms with Crippen LogP contribution in [0.25, 0.3) is 0 Å². The molecule has 416 valence electrons. The number of esters is 3. The van der Waals surface area contributed by atoms with Crippen molar-refractivity contribution < 1.29 is 28.6 Å². The van der Waals surface area contributed by atoms with E-state index in [0.29, 0.717) is 19.3 Å². The third-order valence-corrected chi connectivity index (χ3v) is 13.5. The Hall–Kier alpha value is -3.15. The number of hydrogen-bond donors (Lipinski definition) is 0. The molecule has 0 aromatic rings. The molecular formula is C66H116O6. The number of carbonyl (C=O) groups is 3. The van der Waals surface area contributed by atoms with E-state index in [1.165, 1.54) is 173 Å². The minimum absolute atomic E-state index is 0.0688. The predicted octanol–water partition coefficient (Wildman–Crippen LogP) is 20.9. The first kappa shape index (κ1) is 68.8. The molecule has 0 saturated carbocycles. The largest absolute Gasteiger partial charge is 0.462 e. The summed E-state index contributed by atoms with van der Waals surface area (Å²) in [6.07, 6.45) is 77.9. The van der Waals surface area contributed by atoms with Crippen LogP contribution in [-0.2, 0) is 28.6 Å². The van der Waals surface area contributed by atoms with Crippen molar-refractivity contribution in [3.8, 4) is 0 Å². The Balaban J connectivity index is 3.96. The topological polar surface area (TPSA) is 78.9 Å². The van der Waals surface area contributed by atoms with Gasteiger partial charge >= 0.3 is 17.9 Å². The lowest BCUT2D eigenvalue weighted by atomic mass is 10.0. The summed E-state index contributed by atoms with van der Waals surface area (Å²) in [4.78, 5) is 37.9. The highest BCUT2D eigenvalue weighted by atomic mass is 16.6. The predicted molar refractivity (Wildman–Crippen MR) is 311 cm³/mol. The monoisotopic (exact) mass is 1000 g/mol. The molecule has 0 aliphatic heterocycles. The van der Waals surface area contributed by atoms with E-state index in [0.717, 1.165) is 96.3 Å². The Labute approximate surface area is 446 Å². The Morgan fingerprint density at radius 1 is 0.292 bits per heavy atom. The van der Waals surface area contributed by atoms with Crippen LogP contribution < -0.4 is 0 Å². The van der Waals surface area contributed by atoms with Gasteiger partial charge in [-0.25, -0.2) is 0 Å². The SMILES string of the molecule is CC/C=C\C/C=C\C/C=C\C/C=C\C/C=C\C/C=C\CCCCCCCCCCCCCCCCCCC(=O)OCC(COC(=O)CCCCCCCCCCC)OC(=O)CCCCCCCCCCCC. The average Bonchev–Trinajstić information content (AvgIpc) is 3.38. The van der Waals surface area contributed by atoms with Crippen LogP contribution in [0.3, 0.4) is 0 Å². The lowest BCUT2D eigenvalue weighted by Crippen LogP contribution is -2.30. The number of ether oxygens (including phenoxy) is 3. The van der Waals surface area contributed by atoms with Crippen LogP contribution in [0.1, 0.15) is 310 Å². The lowest BCUT2D eigenvalue weighted by molar-refractivity contribution is -0.167. The van der Waals surface area contributed by atoms with Gasteiger partial charge in [-0.2, -0.15) is 0 Å². The second-order valence-electron chi connectivity index (χ2n) is 20.6. The van der Waals surface area contributed by atoms with Gasteiger partial charge in [0.1, 0.15) is 13.2 Å². The summed E-state index contributed by atoms with van der Waals surface area (Å²) < 4.78 is 16.8. The molecule has 0 aliphatic rings.